The number of hydrogen-bond acceptors (Lipinski definition) is 5. The van der Waals surface area contributed by atoms with Crippen molar-refractivity contribution in [2.75, 3.05) is 6.61 Å². The van der Waals surface area contributed by atoms with Crippen LogP contribution in [0, 0.1) is 5.92 Å². The molecular weight excluding hydrogens is 230 g/mol. The summed E-state index contributed by atoms with van der Waals surface area (Å²) in [7, 11) is 0. The van der Waals surface area contributed by atoms with Crippen LogP contribution >= 0.6 is 0 Å². The molecule has 0 unspecified atom stereocenters. The Morgan fingerprint density at radius 2 is 2.06 bits per heavy atom. The van der Waals surface area contributed by atoms with E-state index in [1.54, 1.807) is 0 Å². The third-order valence-electron chi connectivity index (χ3n) is 3.69. The highest BCUT2D eigenvalue weighted by Crippen LogP contribution is 2.32. The maximum atomic E-state index is 5.64. The van der Waals surface area contributed by atoms with Gasteiger partial charge in [-0.3, -0.25) is 0 Å². The molecule has 3 rings (SSSR count). The molecule has 2 aliphatic rings. The van der Waals surface area contributed by atoms with Crippen molar-refractivity contribution in [3.63, 3.8) is 0 Å². The lowest BCUT2D eigenvalue weighted by atomic mass is 9.80. The third-order valence-corrected chi connectivity index (χ3v) is 3.69. The van der Waals surface area contributed by atoms with Crippen molar-refractivity contribution in [2.24, 2.45) is 5.92 Å². The Balaban J connectivity index is 1.40. The first-order chi connectivity index (χ1) is 8.83. The molecule has 1 aromatic rings. The van der Waals surface area contributed by atoms with Crippen LogP contribution < -0.4 is 5.32 Å². The zero-order chi connectivity index (χ0) is 12.4. The highest BCUT2D eigenvalue weighted by Gasteiger charge is 2.31. The minimum Gasteiger partial charge on any atom is -0.424 e. The van der Waals surface area contributed by atoms with Gasteiger partial charge in [-0.15, -0.1) is 10.2 Å². The lowest BCUT2D eigenvalue weighted by Gasteiger charge is -2.33. The summed E-state index contributed by atoms with van der Waals surface area (Å²) in [5.74, 6) is 2.16. The van der Waals surface area contributed by atoms with E-state index in [2.05, 4.69) is 15.5 Å². The number of aromatic nitrogens is 2. The summed E-state index contributed by atoms with van der Waals surface area (Å²) in [6.07, 6.45) is 6.18. The van der Waals surface area contributed by atoms with Crippen molar-refractivity contribution >= 4 is 0 Å². The molecule has 0 radical (unpaired) electrons. The van der Waals surface area contributed by atoms with Gasteiger partial charge >= 0.3 is 0 Å². The Morgan fingerprint density at radius 3 is 2.78 bits per heavy atom. The Kier molecular flexibility index (Phi) is 3.61. The van der Waals surface area contributed by atoms with Gasteiger partial charge in [-0.05, 0) is 38.5 Å². The van der Waals surface area contributed by atoms with E-state index in [1.807, 2.05) is 6.92 Å². The highest BCUT2D eigenvalue weighted by atomic mass is 16.5. The van der Waals surface area contributed by atoms with E-state index < -0.39 is 0 Å². The van der Waals surface area contributed by atoms with Crippen LogP contribution in [0.4, 0.5) is 0 Å². The first kappa shape index (κ1) is 12.1. The molecule has 0 spiro atoms. The second kappa shape index (κ2) is 5.36. The molecule has 1 aromatic heterocycles. The van der Waals surface area contributed by atoms with Crippen molar-refractivity contribution in [1.82, 2.24) is 15.5 Å². The quantitative estimate of drug-likeness (QED) is 0.799. The number of nitrogens with zero attached hydrogens (tertiary/aromatic N) is 2. The second-order valence-corrected chi connectivity index (χ2v) is 5.36. The Morgan fingerprint density at radius 1 is 1.28 bits per heavy atom. The van der Waals surface area contributed by atoms with Crippen LogP contribution in [0.5, 0.6) is 0 Å². The smallest absolute Gasteiger partial charge is 0.230 e. The van der Waals surface area contributed by atoms with Gasteiger partial charge in [0.2, 0.25) is 11.8 Å². The molecule has 0 atom stereocenters. The molecule has 5 heteroatoms. The molecule has 0 amide bonds. The van der Waals surface area contributed by atoms with E-state index >= 15 is 0 Å². The van der Waals surface area contributed by atoms with Gasteiger partial charge in [-0.2, -0.15) is 0 Å². The van der Waals surface area contributed by atoms with E-state index in [4.69, 9.17) is 9.15 Å². The molecule has 1 N–H and O–H groups in total. The SMILES string of the molecule is CCOC1CC(Cc2nnc(CNC3CC3)o2)C1. The highest BCUT2D eigenvalue weighted by molar-refractivity contribution is 4.91. The zero-order valence-corrected chi connectivity index (χ0v) is 10.9. The van der Waals surface area contributed by atoms with E-state index in [9.17, 15) is 0 Å². The number of hydrogen-bond donors (Lipinski definition) is 1. The van der Waals surface area contributed by atoms with Crippen LogP contribution in [0.25, 0.3) is 0 Å². The largest absolute Gasteiger partial charge is 0.424 e. The minimum atomic E-state index is 0.457. The van der Waals surface area contributed by atoms with Crippen LogP contribution in [0.2, 0.25) is 0 Å². The van der Waals surface area contributed by atoms with Gasteiger partial charge in [0.1, 0.15) is 0 Å². The Labute approximate surface area is 107 Å². The van der Waals surface area contributed by atoms with Crippen molar-refractivity contribution < 1.29 is 9.15 Å². The van der Waals surface area contributed by atoms with Gasteiger partial charge in [0.05, 0.1) is 12.6 Å². The van der Waals surface area contributed by atoms with E-state index in [0.29, 0.717) is 24.6 Å². The molecule has 5 nitrogen and oxygen atoms in total. The third kappa shape index (κ3) is 3.09. The van der Waals surface area contributed by atoms with E-state index in [0.717, 1.165) is 37.7 Å². The molecular formula is C13H21N3O2. The zero-order valence-electron chi connectivity index (χ0n) is 10.9. The average molecular weight is 251 g/mol. The fourth-order valence-electron chi connectivity index (χ4n) is 2.42. The molecule has 2 aliphatic carbocycles. The van der Waals surface area contributed by atoms with Gasteiger partial charge in [0.15, 0.2) is 0 Å². The first-order valence-corrected chi connectivity index (χ1v) is 6.99. The summed E-state index contributed by atoms with van der Waals surface area (Å²) in [4.78, 5) is 0. The van der Waals surface area contributed by atoms with Gasteiger partial charge in [-0.1, -0.05) is 0 Å². The molecule has 0 aliphatic heterocycles. The molecule has 2 saturated carbocycles. The van der Waals surface area contributed by atoms with E-state index in [1.165, 1.54) is 12.8 Å². The molecule has 18 heavy (non-hydrogen) atoms. The predicted octanol–water partition coefficient (Wildman–Crippen LogP) is 1.68. The van der Waals surface area contributed by atoms with Crippen LogP contribution in [0.15, 0.2) is 4.42 Å². The van der Waals surface area contributed by atoms with Gasteiger partial charge in [0.25, 0.3) is 0 Å². The predicted molar refractivity (Wildman–Crippen MR) is 66.0 cm³/mol. The van der Waals surface area contributed by atoms with Crippen LogP contribution in [0.3, 0.4) is 0 Å². The number of ether oxygens (including phenoxy) is 1. The average Bonchev–Trinajstić information content (AvgIpc) is 3.04. The Bertz CT molecular complexity index is 383. The molecule has 0 aromatic carbocycles. The lowest BCUT2D eigenvalue weighted by molar-refractivity contribution is -0.0255. The number of nitrogens with one attached hydrogen (secondary N) is 1. The maximum Gasteiger partial charge on any atom is 0.230 e. The monoisotopic (exact) mass is 251 g/mol. The van der Waals surface area contributed by atoms with Crippen LogP contribution in [-0.2, 0) is 17.7 Å². The first-order valence-electron chi connectivity index (χ1n) is 6.99. The van der Waals surface area contributed by atoms with Crippen molar-refractivity contribution in [2.45, 2.75) is 57.7 Å². The summed E-state index contributed by atoms with van der Waals surface area (Å²) in [5, 5.41) is 11.6. The summed E-state index contributed by atoms with van der Waals surface area (Å²) in [5.41, 5.74) is 0. The van der Waals surface area contributed by atoms with Gasteiger partial charge in [-0.25, -0.2) is 0 Å². The lowest BCUT2D eigenvalue weighted by Crippen LogP contribution is -2.32. The minimum absolute atomic E-state index is 0.457. The standard InChI is InChI=1S/C13H21N3O2/c1-2-17-11-5-9(6-11)7-12-15-16-13(18-12)8-14-10-3-4-10/h9-11,14H,2-8H2,1H3. The van der Waals surface area contributed by atoms with Crippen LogP contribution in [-0.4, -0.2) is 29.0 Å². The van der Waals surface area contributed by atoms with Gasteiger partial charge in [0, 0.05) is 19.1 Å². The fraction of sp³-hybridized carbons (Fsp3) is 0.846. The maximum absolute atomic E-state index is 5.64. The molecule has 2 fully saturated rings. The summed E-state index contributed by atoms with van der Waals surface area (Å²) < 4.78 is 11.2. The van der Waals surface area contributed by atoms with Crippen molar-refractivity contribution in [1.29, 1.82) is 0 Å². The number of rotatable bonds is 7. The molecule has 0 saturated heterocycles. The normalized spacial score (nSPS) is 27.2. The summed E-state index contributed by atoms with van der Waals surface area (Å²) >= 11 is 0. The van der Waals surface area contributed by atoms with E-state index in [-0.39, 0.29) is 0 Å². The summed E-state index contributed by atoms with van der Waals surface area (Å²) in [6.45, 7) is 3.57. The molecule has 0 bridgehead atoms. The second-order valence-electron chi connectivity index (χ2n) is 5.36. The van der Waals surface area contributed by atoms with Crippen molar-refractivity contribution in [3.8, 4) is 0 Å². The Hall–Kier alpha value is -0.940. The topological polar surface area (TPSA) is 60.2 Å². The molecule has 100 valence electrons. The summed E-state index contributed by atoms with van der Waals surface area (Å²) in [6, 6.07) is 0.680. The fourth-order valence-corrected chi connectivity index (χ4v) is 2.42. The molecule has 1 heterocycles. The van der Waals surface area contributed by atoms with Gasteiger partial charge < -0.3 is 14.5 Å². The van der Waals surface area contributed by atoms with Crippen LogP contribution in [0.1, 0.15) is 44.4 Å². The van der Waals surface area contributed by atoms with Crippen molar-refractivity contribution in [3.05, 3.63) is 11.8 Å².